The van der Waals surface area contributed by atoms with E-state index in [4.69, 9.17) is 4.74 Å². The molecule has 2 amide bonds. The van der Waals surface area contributed by atoms with E-state index in [0.29, 0.717) is 29.7 Å². The van der Waals surface area contributed by atoms with Gasteiger partial charge in [-0.25, -0.2) is 8.78 Å². The lowest BCUT2D eigenvalue weighted by Gasteiger charge is -2.07. The maximum Gasteiger partial charge on any atom is 0.267 e. The Labute approximate surface area is 179 Å². The van der Waals surface area contributed by atoms with Gasteiger partial charge in [-0.15, -0.1) is 0 Å². The van der Waals surface area contributed by atoms with Crippen molar-refractivity contribution in [2.24, 2.45) is 0 Å². The summed E-state index contributed by atoms with van der Waals surface area (Å²) in [4.78, 5) is 26.9. The molecule has 0 spiro atoms. The van der Waals surface area contributed by atoms with Crippen LogP contribution in [0.2, 0.25) is 0 Å². The lowest BCUT2D eigenvalue weighted by Crippen LogP contribution is -2.28. The summed E-state index contributed by atoms with van der Waals surface area (Å²) in [5, 5.41) is 6.26. The molecule has 0 unspecified atom stereocenters. The molecular weight excluding hydrogens is 404 g/mol. The van der Waals surface area contributed by atoms with E-state index in [0.717, 1.165) is 24.8 Å². The van der Waals surface area contributed by atoms with E-state index in [1.54, 1.807) is 24.3 Å². The number of aromatic amines is 1. The van der Waals surface area contributed by atoms with Gasteiger partial charge in [0, 0.05) is 24.0 Å². The first-order valence-electron chi connectivity index (χ1n) is 10.2. The molecule has 164 valence electrons. The van der Waals surface area contributed by atoms with E-state index >= 15 is 0 Å². The van der Waals surface area contributed by atoms with Crippen molar-refractivity contribution in [2.45, 2.75) is 25.9 Å². The van der Waals surface area contributed by atoms with Gasteiger partial charge in [0.05, 0.1) is 6.61 Å². The highest BCUT2D eigenvalue weighted by molar-refractivity contribution is 5.97. The van der Waals surface area contributed by atoms with Crippen molar-refractivity contribution in [3.8, 4) is 0 Å². The summed E-state index contributed by atoms with van der Waals surface area (Å²) in [6.07, 6.45) is 2.40. The summed E-state index contributed by atoms with van der Waals surface area (Å²) in [5.41, 5.74) is 1.91. The highest BCUT2D eigenvalue weighted by Gasteiger charge is 2.09. The maximum atomic E-state index is 13.2. The lowest BCUT2D eigenvalue weighted by molar-refractivity contribution is -0.126. The van der Waals surface area contributed by atoms with Crippen LogP contribution >= 0.6 is 0 Å². The van der Waals surface area contributed by atoms with Crippen LogP contribution in [0.1, 0.15) is 35.3 Å². The largest absolute Gasteiger partial charge is 0.367 e. The summed E-state index contributed by atoms with van der Waals surface area (Å²) >= 11 is 0. The Balaban J connectivity index is 1.22. The molecule has 3 rings (SSSR count). The zero-order chi connectivity index (χ0) is 22.1. The first kappa shape index (κ1) is 22.4. The van der Waals surface area contributed by atoms with Gasteiger partial charge in [-0.1, -0.05) is 12.1 Å². The maximum absolute atomic E-state index is 13.2. The van der Waals surface area contributed by atoms with Crippen molar-refractivity contribution in [1.82, 2.24) is 15.6 Å². The lowest BCUT2D eigenvalue weighted by atomic mass is 10.2. The fourth-order valence-electron chi connectivity index (χ4n) is 3.07. The Morgan fingerprint density at radius 3 is 2.35 bits per heavy atom. The molecule has 1 aromatic heterocycles. The molecule has 0 aliphatic carbocycles. The summed E-state index contributed by atoms with van der Waals surface area (Å²) in [7, 11) is 0. The number of hydrogen-bond donors (Lipinski definition) is 3. The molecule has 1 heterocycles. The minimum atomic E-state index is -0.343. The molecule has 31 heavy (non-hydrogen) atoms. The van der Waals surface area contributed by atoms with Crippen molar-refractivity contribution >= 4 is 22.7 Å². The zero-order valence-electron chi connectivity index (χ0n) is 17.0. The molecular formula is C23H25F2N3O3. The van der Waals surface area contributed by atoms with Gasteiger partial charge in [0.2, 0.25) is 5.91 Å². The topological polar surface area (TPSA) is 83.2 Å². The number of benzene rings is 2. The Morgan fingerprint density at radius 2 is 1.58 bits per heavy atom. The number of ether oxygens (including phenoxy) is 1. The molecule has 3 aromatic rings. The number of nitrogens with one attached hydrogen (secondary N) is 3. The van der Waals surface area contributed by atoms with Crippen LogP contribution < -0.4 is 10.6 Å². The van der Waals surface area contributed by atoms with E-state index < -0.39 is 0 Å². The van der Waals surface area contributed by atoms with E-state index in [-0.39, 0.29) is 36.7 Å². The van der Waals surface area contributed by atoms with Gasteiger partial charge >= 0.3 is 0 Å². The standard InChI is InChI=1S/C23H25F2N3O3/c24-18-6-4-16(5-7-18)14-31-15-22(29)26-10-2-1-3-11-27-23(30)21-13-17-12-19(25)8-9-20(17)28-21/h4-9,12-13,28H,1-3,10-11,14-15H2,(H,26,29)(H,27,30). The number of rotatable bonds is 11. The van der Waals surface area contributed by atoms with Crippen LogP contribution in [0, 0.1) is 11.6 Å². The molecule has 0 aliphatic rings. The highest BCUT2D eigenvalue weighted by Crippen LogP contribution is 2.16. The second-order valence-electron chi connectivity index (χ2n) is 7.20. The number of aromatic nitrogens is 1. The van der Waals surface area contributed by atoms with Gasteiger partial charge in [0.1, 0.15) is 23.9 Å². The number of amides is 2. The van der Waals surface area contributed by atoms with Crippen molar-refractivity contribution in [3.05, 3.63) is 71.4 Å². The molecule has 0 atom stereocenters. The third-order valence-corrected chi connectivity index (χ3v) is 4.70. The van der Waals surface area contributed by atoms with Crippen LogP contribution in [-0.2, 0) is 16.1 Å². The van der Waals surface area contributed by atoms with Crippen molar-refractivity contribution < 1.29 is 23.1 Å². The predicted octanol–water partition coefficient (Wildman–Crippen LogP) is 3.68. The third kappa shape index (κ3) is 7.18. The molecule has 0 saturated heterocycles. The number of H-pyrrole nitrogens is 1. The molecule has 0 bridgehead atoms. The molecule has 0 radical (unpaired) electrons. The van der Waals surface area contributed by atoms with Crippen molar-refractivity contribution in [2.75, 3.05) is 19.7 Å². The van der Waals surface area contributed by atoms with E-state index in [1.165, 1.54) is 24.3 Å². The number of halogens is 2. The Bertz CT molecular complexity index is 1020. The monoisotopic (exact) mass is 429 g/mol. The number of unbranched alkanes of at least 4 members (excludes halogenated alkanes) is 2. The average molecular weight is 429 g/mol. The van der Waals surface area contributed by atoms with Crippen molar-refractivity contribution in [1.29, 1.82) is 0 Å². The minimum absolute atomic E-state index is 0.0537. The number of fused-ring (bicyclic) bond motifs is 1. The van der Waals surface area contributed by atoms with Gasteiger partial charge in [0.15, 0.2) is 0 Å². The fourth-order valence-corrected chi connectivity index (χ4v) is 3.07. The SMILES string of the molecule is O=C(COCc1ccc(F)cc1)NCCCCCNC(=O)c1cc2cc(F)ccc2[nH]1. The van der Waals surface area contributed by atoms with Gasteiger partial charge < -0.3 is 20.4 Å². The fraction of sp³-hybridized carbons (Fsp3) is 0.304. The van der Waals surface area contributed by atoms with E-state index in [2.05, 4.69) is 15.6 Å². The van der Waals surface area contributed by atoms with Gasteiger partial charge in [-0.3, -0.25) is 9.59 Å². The Hall–Kier alpha value is -3.26. The molecule has 8 heteroatoms. The normalized spacial score (nSPS) is 10.9. The zero-order valence-corrected chi connectivity index (χ0v) is 17.0. The Morgan fingerprint density at radius 1 is 0.871 bits per heavy atom. The summed E-state index contributed by atoms with van der Waals surface area (Å²) in [6.45, 7) is 1.23. The summed E-state index contributed by atoms with van der Waals surface area (Å²) in [5.74, 6) is -1.09. The first-order chi connectivity index (χ1) is 15.0. The van der Waals surface area contributed by atoms with Crippen LogP contribution in [0.15, 0.2) is 48.5 Å². The minimum Gasteiger partial charge on any atom is -0.367 e. The van der Waals surface area contributed by atoms with Crippen LogP contribution in [0.3, 0.4) is 0 Å². The Kier molecular flexibility index (Phi) is 8.12. The smallest absolute Gasteiger partial charge is 0.267 e. The summed E-state index contributed by atoms with van der Waals surface area (Å²) in [6, 6.07) is 11.9. The van der Waals surface area contributed by atoms with E-state index in [1.807, 2.05) is 0 Å². The second-order valence-corrected chi connectivity index (χ2v) is 7.20. The van der Waals surface area contributed by atoms with Crippen LogP contribution in [-0.4, -0.2) is 36.5 Å². The molecule has 0 aliphatic heterocycles. The predicted molar refractivity (Wildman–Crippen MR) is 114 cm³/mol. The number of carbonyl (C=O) groups is 2. The third-order valence-electron chi connectivity index (χ3n) is 4.70. The van der Waals surface area contributed by atoms with Crippen LogP contribution in [0.5, 0.6) is 0 Å². The van der Waals surface area contributed by atoms with Crippen LogP contribution in [0.4, 0.5) is 8.78 Å². The number of hydrogen-bond acceptors (Lipinski definition) is 3. The molecule has 0 fully saturated rings. The van der Waals surface area contributed by atoms with E-state index in [9.17, 15) is 18.4 Å². The average Bonchev–Trinajstić information content (AvgIpc) is 3.17. The first-order valence-corrected chi connectivity index (χ1v) is 10.2. The number of carbonyl (C=O) groups excluding carboxylic acids is 2. The molecule has 2 aromatic carbocycles. The van der Waals surface area contributed by atoms with Crippen molar-refractivity contribution in [3.63, 3.8) is 0 Å². The van der Waals surface area contributed by atoms with Gasteiger partial charge in [0.25, 0.3) is 5.91 Å². The molecule has 6 nitrogen and oxygen atoms in total. The van der Waals surface area contributed by atoms with Crippen LogP contribution in [0.25, 0.3) is 10.9 Å². The highest BCUT2D eigenvalue weighted by atomic mass is 19.1. The summed E-state index contributed by atoms with van der Waals surface area (Å²) < 4.78 is 31.4. The van der Waals surface area contributed by atoms with Gasteiger partial charge in [-0.05, 0) is 61.2 Å². The second kappa shape index (κ2) is 11.2. The molecule has 3 N–H and O–H groups in total. The van der Waals surface area contributed by atoms with Gasteiger partial charge in [-0.2, -0.15) is 0 Å². The molecule has 0 saturated carbocycles. The quantitative estimate of drug-likeness (QED) is 0.407.